The van der Waals surface area contributed by atoms with Crippen LogP contribution < -0.4 is 4.74 Å². The fourth-order valence-electron chi connectivity index (χ4n) is 4.82. The maximum absolute atomic E-state index is 13.1. The van der Waals surface area contributed by atoms with E-state index in [2.05, 4.69) is 15.1 Å². The Bertz CT molecular complexity index is 1200. The Balaban J connectivity index is 1.20. The number of aromatic nitrogens is 4. The van der Waals surface area contributed by atoms with Gasteiger partial charge in [0.2, 0.25) is 11.8 Å². The Kier molecular flexibility index (Phi) is 6.48. The van der Waals surface area contributed by atoms with Gasteiger partial charge in [0.25, 0.3) is 5.91 Å². The van der Waals surface area contributed by atoms with Gasteiger partial charge in [-0.1, -0.05) is 18.2 Å². The number of amides is 2. The molecule has 2 amide bonds. The number of likely N-dealkylation sites (tertiary alicyclic amines) is 2. The lowest BCUT2D eigenvalue weighted by atomic mass is 9.95. The third-order valence-electron chi connectivity index (χ3n) is 6.79. The standard InChI is InChI=1S/C26H30N6O3/c1-18-14-24(35-23-6-4-3-5-7-23)29-25(28-18)20-8-11-30(12-9-20)26(34)21-15-27-32(16-21)22-10-13-31(17-22)19(2)33/h3-7,14-16,20,22H,8-13,17H2,1-2H3/t22-/m0/s1. The van der Waals surface area contributed by atoms with Gasteiger partial charge in [-0.15, -0.1) is 0 Å². The molecule has 0 bridgehead atoms. The second-order valence-corrected chi connectivity index (χ2v) is 9.30. The molecule has 0 radical (unpaired) electrons. The van der Waals surface area contributed by atoms with E-state index < -0.39 is 0 Å². The van der Waals surface area contributed by atoms with Crippen LogP contribution in [0.3, 0.4) is 0 Å². The molecule has 0 N–H and O–H groups in total. The Morgan fingerprint density at radius 2 is 1.74 bits per heavy atom. The van der Waals surface area contributed by atoms with Crippen molar-refractivity contribution in [3.63, 3.8) is 0 Å². The zero-order chi connectivity index (χ0) is 24.4. The Morgan fingerprint density at radius 1 is 1.00 bits per heavy atom. The van der Waals surface area contributed by atoms with Crippen LogP contribution in [-0.2, 0) is 4.79 Å². The van der Waals surface area contributed by atoms with Crippen LogP contribution in [0.2, 0.25) is 0 Å². The number of ether oxygens (including phenoxy) is 1. The smallest absolute Gasteiger partial charge is 0.257 e. The lowest BCUT2D eigenvalue weighted by Gasteiger charge is -2.31. The van der Waals surface area contributed by atoms with E-state index in [1.54, 1.807) is 13.1 Å². The van der Waals surface area contributed by atoms with Crippen molar-refractivity contribution in [2.24, 2.45) is 0 Å². The molecule has 1 atom stereocenters. The Hall–Kier alpha value is -3.75. The van der Waals surface area contributed by atoms with Crippen molar-refractivity contribution >= 4 is 11.8 Å². The zero-order valence-corrected chi connectivity index (χ0v) is 20.1. The summed E-state index contributed by atoms with van der Waals surface area (Å²) in [5.41, 5.74) is 1.46. The lowest BCUT2D eigenvalue weighted by Crippen LogP contribution is -2.38. The number of hydrogen-bond donors (Lipinski definition) is 0. The molecule has 2 aliphatic rings. The number of piperidine rings is 1. The normalized spacial score (nSPS) is 18.6. The first-order valence-electron chi connectivity index (χ1n) is 12.1. The Morgan fingerprint density at radius 3 is 2.46 bits per heavy atom. The van der Waals surface area contributed by atoms with E-state index in [4.69, 9.17) is 4.74 Å². The molecule has 5 rings (SSSR count). The molecular weight excluding hydrogens is 444 g/mol. The van der Waals surface area contributed by atoms with Crippen molar-refractivity contribution in [1.82, 2.24) is 29.5 Å². The van der Waals surface area contributed by atoms with E-state index in [-0.39, 0.29) is 23.8 Å². The molecule has 3 aromatic rings. The quantitative estimate of drug-likeness (QED) is 0.561. The van der Waals surface area contributed by atoms with Crippen molar-refractivity contribution in [2.75, 3.05) is 26.2 Å². The van der Waals surface area contributed by atoms with Gasteiger partial charge in [0, 0.05) is 57.0 Å². The van der Waals surface area contributed by atoms with Crippen LogP contribution in [0.15, 0.2) is 48.8 Å². The summed E-state index contributed by atoms with van der Waals surface area (Å²) in [6, 6.07) is 11.6. The first kappa shape index (κ1) is 23.0. The van der Waals surface area contributed by atoms with Gasteiger partial charge in [0.1, 0.15) is 11.6 Å². The number of nitrogens with zero attached hydrogens (tertiary/aromatic N) is 6. The summed E-state index contributed by atoms with van der Waals surface area (Å²) in [5, 5.41) is 4.42. The molecule has 0 spiro atoms. The monoisotopic (exact) mass is 474 g/mol. The van der Waals surface area contributed by atoms with Gasteiger partial charge < -0.3 is 14.5 Å². The van der Waals surface area contributed by atoms with Crippen LogP contribution in [0.5, 0.6) is 11.6 Å². The molecule has 0 aliphatic carbocycles. The minimum absolute atomic E-state index is 0.00520. The predicted octanol–water partition coefficient (Wildman–Crippen LogP) is 3.59. The summed E-state index contributed by atoms with van der Waals surface area (Å²) in [4.78, 5) is 37.8. The number of rotatable bonds is 5. The SMILES string of the molecule is CC(=O)N1CC[C@H](n2cc(C(=O)N3CCC(c4nc(C)cc(Oc5ccccc5)n4)CC3)cn2)C1. The Labute approximate surface area is 204 Å². The lowest BCUT2D eigenvalue weighted by molar-refractivity contribution is -0.127. The van der Waals surface area contributed by atoms with Gasteiger partial charge in [0.15, 0.2) is 0 Å². The fraction of sp³-hybridized carbons (Fsp3) is 0.423. The van der Waals surface area contributed by atoms with Crippen LogP contribution in [0.4, 0.5) is 0 Å². The van der Waals surface area contributed by atoms with Gasteiger partial charge in [-0.3, -0.25) is 14.3 Å². The minimum Gasteiger partial charge on any atom is -0.439 e. The highest BCUT2D eigenvalue weighted by molar-refractivity contribution is 5.93. The van der Waals surface area contributed by atoms with Gasteiger partial charge in [-0.25, -0.2) is 4.98 Å². The summed E-state index contributed by atoms with van der Waals surface area (Å²) in [5.74, 6) is 2.30. The molecule has 9 nitrogen and oxygen atoms in total. The molecule has 2 fully saturated rings. The zero-order valence-electron chi connectivity index (χ0n) is 20.1. The molecule has 182 valence electrons. The van der Waals surface area contributed by atoms with E-state index in [0.29, 0.717) is 31.1 Å². The largest absolute Gasteiger partial charge is 0.439 e. The van der Waals surface area contributed by atoms with Crippen LogP contribution in [0.1, 0.15) is 60.0 Å². The molecule has 2 aromatic heterocycles. The second kappa shape index (κ2) is 9.85. The molecule has 0 saturated carbocycles. The molecule has 4 heterocycles. The van der Waals surface area contributed by atoms with E-state index >= 15 is 0 Å². The summed E-state index contributed by atoms with van der Waals surface area (Å²) in [6.45, 7) is 6.19. The number of para-hydroxylation sites is 1. The number of benzene rings is 1. The fourth-order valence-corrected chi connectivity index (χ4v) is 4.82. The van der Waals surface area contributed by atoms with Crippen LogP contribution in [0.25, 0.3) is 0 Å². The van der Waals surface area contributed by atoms with E-state index in [0.717, 1.165) is 43.1 Å². The molecule has 35 heavy (non-hydrogen) atoms. The molecule has 1 aromatic carbocycles. The van der Waals surface area contributed by atoms with E-state index in [1.165, 1.54) is 0 Å². The van der Waals surface area contributed by atoms with E-state index in [1.807, 2.05) is 64.0 Å². The molecular formula is C26H30N6O3. The number of aryl methyl sites for hydroxylation is 1. The van der Waals surface area contributed by atoms with Crippen molar-refractivity contribution in [2.45, 2.75) is 45.1 Å². The highest BCUT2D eigenvalue weighted by Gasteiger charge is 2.29. The summed E-state index contributed by atoms with van der Waals surface area (Å²) < 4.78 is 7.76. The molecule has 0 unspecified atom stereocenters. The van der Waals surface area contributed by atoms with Gasteiger partial charge in [-0.05, 0) is 38.3 Å². The maximum atomic E-state index is 13.1. The minimum atomic E-state index is -0.00520. The number of carbonyl (C=O) groups excluding carboxylic acids is 2. The third-order valence-corrected chi connectivity index (χ3v) is 6.79. The molecule has 2 aliphatic heterocycles. The van der Waals surface area contributed by atoms with Crippen molar-refractivity contribution in [3.8, 4) is 11.6 Å². The molecule has 2 saturated heterocycles. The van der Waals surface area contributed by atoms with E-state index in [9.17, 15) is 9.59 Å². The number of hydrogen-bond acceptors (Lipinski definition) is 6. The average molecular weight is 475 g/mol. The van der Waals surface area contributed by atoms with Crippen LogP contribution in [0, 0.1) is 6.92 Å². The third kappa shape index (κ3) is 5.18. The van der Waals surface area contributed by atoms with Crippen molar-refractivity contribution in [3.05, 3.63) is 65.9 Å². The van der Waals surface area contributed by atoms with Gasteiger partial charge >= 0.3 is 0 Å². The first-order chi connectivity index (χ1) is 17.0. The highest BCUT2D eigenvalue weighted by atomic mass is 16.5. The summed E-state index contributed by atoms with van der Waals surface area (Å²) in [7, 11) is 0. The molecule has 9 heteroatoms. The van der Waals surface area contributed by atoms with Crippen LogP contribution in [-0.4, -0.2) is 67.5 Å². The maximum Gasteiger partial charge on any atom is 0.257 e. The average Bonchev–Trinajstić information content (AvgIpc) is 3.54. The van der Waals surface area contributed by atoms with Gasteiger partial charge in [0.05, 0.1) is 17.8 Å². The highest BCUT2D eigenvalue weighted by Crippen LogP contribution is 2.29. The summed E-state index contributed by atoms with van der Waals surface area (Å²) in [6.07, 6.45) is 5.91. The predicted molar refractivity (Wildman–Crippen MR) is 129 cm³/mol. The van der Waals surface area contributed by atoms with Crippen molar-refractivity contribution in [1.29, 1.82) is 0 Å². The topological polar surface area (TPSA) is 93.5 Å². The van der Waals surface area contributed by atoms with Crippen LogP contribution >= 0.6 is 0 Å². The summed E-state index contributed by atoms with van der Waals surface area (Å²) >= 11 is 0. The number of carbonyl (C=O) groups is 2. The second-order valence-electron chi connectivity index (χ2n) is 9.30. The van der Waals surface area contributed by atoms with Gasteiger partial charge in [-0.2, -0.15) is 10.1 Å². The van der Waals surface area contributed by atoms with Crippen molar-refractivity contribution < 1.29 is 14.3 Å². The first-order valence-corrected chi connectivity index (χ1v) is 12.1.